The summed E-state index contributed by atoms with van der Waals surface area (Å²) in [6.45, 7) is 0. The second-order valence-corrected chi connectivity index (χ2v) is 6.65. The summed E-state index contributed by atoms with van der Waals surface area (Å²) in [5.41, 5.74) is 0.100. The molecule has 1 aliphatic rings. The van der Waals surface area contributed by atoms with E-state index in [1.54, 1.807) is 30.3 Å². The topological polar surface area (TPSA) is 101 Å². The second-order valence-electron chi connectivity index (χ2n) is 5.73. The van der Waals surface area contributed by atoms with Gasteiger partial charge in [-0.1, -0.05) is 40.2 Å². The van der Waals surface area contributed by atoms with Crippen LogP contribution in [0.2, 0.25) is 0 Å². The van der Waals surface area contributed by atoms with E-state index >= 15 is 0 Å². The molecule has 0 radical (unpaired) electrons. The Morgan fingerprint density at radius 3 is 2.38 bits per heavy atom. The Morgan fingerprint density at radius 1 is 1.15 bits per heavy atom. The summed E-state index contributed by atoms with van der Waals surface area (Å²) in [5, 5.41) is 22.0. The van der Waals surface area contributed by atoms with Gasteiger partial charge >= 0.3 is 0 Å². The lowest BCUT2D eigenvalue weighted by molar-refractivity contribution is -0.385. The lowest BCUT2D eigenvalue weighted by Gasteiger charge is -2.20. The largest absolute Gasteiger partial charge is 0.507 e. The number of likely N-dealkylation sites (tertiary alicyclic amines) is 1. The first-order chi connectivity index (χ1) is 12.3. The number of para-hydroxylation sites is 1. The number of nitrogens with zero attached hydrogens (tertiary/aromatic N) is 2. The first-order valence-electron chi connectivity index (χ1n) is 7.56. The SMILES string of the molecule is CN1C(=O)C(=O)/C(=C(/O)c2ccc(Br)cc2)[C@H]1c1ccccc1[N+](=O)[O-]. The Morgan fingerprint density at radius 2 is 1.77 bits per heavy atom. The first kappa shape index (κ1) is 17.8. The van der Waals surface area contributed by atoms with E-state index in [1.807, 2.05) is 0 Å². The fourth-order valence-electron chi connectivity index (χ4n) is 2.96. The highest BCUT2D eigenvalue weighted by atomic mass is 79.9. The number of halogens is 1. The Labute approximate surface area is 156 Å². The van der Waals surface area contributed by atoms with Crippen molar-refractivity contribution in [2.45, 2.75) is 6.04 Å². The molecule has 26 heavy (non-hydrogen) atoms. The standard InChI is InChI=1S/C18H13BrN2O5/c1-20-15(12-4-2-3-5-13(12)21(25)26)14(17(23)18(20)24)16(22)10-6-8-11(19)9-7-10/h2-9,15,22H,1H3/b16-14+/t15-/m1/s1. The number of nitro benzene ring substituents is 1. The van der Waals surface area contributed by atoms with Gasteiger partial charge in [0.1, 0.15) is 5.76 Å². The number of rotatable bonds is 3. The van der Waals surface area contributed by atoms with Crippen LogP contribution in [0.25, 0.3) is 5.76 Å². The van der Waals surface area contributed by atoms with Gasteiger partial charge in [-0.05, 0) is 18.2 Å². The van der Waals surface area contributed by atoms with Crippen LogP contribution >= 0.6 is 15.9 Å². The number of Topliss-reactive ketones (excluding diaryl/α,β-unsaturated/α-hetero) is 1. The molecule has 1 saturated heterocycles. The molecule has 0 saturated carbocycles. The zero-order valence-corrected chi connectivity index (χ0v) is 15.1. The third-order valence-corrected chi connectivity index (χ3v) is 4.75. The van der Waals surface area contributed by atoms with Crippen molar-refractivity contribution in [2.24, 2.45) is 0 Å². The van der Waals surface area contributed by atoms with Crippen LogP contribution in [0.15, 0.2) is 58.6 Å². The van der Waals surface area contributed by atoms with Gasteiger partial charge in [0.15, 0.2) is 0 Å². The molecule has 2 aromatic rings. The number of aliphatic hydroxyl groups is 1. The summed E-state index contributed by atoms with van der Waals surface area (Å²) in [7, 11) is 1.38. The molecule has 0 unspecified atom stereocenters. The van der Waals surface area contributed by atoms with Crippen molar-refractivity contribution in [1.29, 1.82) is 0 Å². The predicted octanol–water partition coefficient (Wildman–Crippen LogP) is 3.41. The van der Waals surface area contributed by atoms with Crippen LogP contribution < -0.4 is 0 Å². The van der Waals surface area contributed by atoms with Gasteiger partial charge in [-0.2, -0.15) is 0 Å². The quantitative estimate of drug-likeness (QED) is 0.271. The number of aliphatic hydroxyl groups excluding tert-OH is 1. The van der Waals surface area contributed by atoms with Gasteiger partial charge in [-0.3, -0.25) is 19.7 Å². The minimum atomic E-state index is -1.04. The minimum absolute atomic E-state index is 0.165. The van der Waals surface area contributed by atoms with Gasteiger partial charge in [0, 0.05) is 23.2 Å². The molecule has 1 heterocycles. The summed E-state index contributed by atoms with van der Waals surface area (Å²) in [6, 6.07) is 11.3. The fraction of sp³-hybridized carbons (Fsp3) is 0.111. The Kier molecular flexibility index (Phi) is 4.60. The monoisotopic (exact) mass is 416 g/mol. The van der Waals surface area contributed by atoms with Gasteiger partial charge in [-0.25, -0.2) is 0 Å². The van der Waals surface area contributed by atoms with Crippen molar-refractivity contribution < 1.29 is 19.6 Å². The second kappa shape index (κ2) is 6.72. The van der Waals surface area contributed by atoms with Crippen molar-refractivity contribution in [3.05, 3.63) is 79.8 Å². The third kappa shape index (κ3) is 2.88. The van der Waals surface area contributed by atoms with Gasteiger partial charge in [0.25, 0.3) is 17.4 Å². The summed E-state index contributed by atoms with van der Waals surface area (Å²) >= 11 is 3.28. The van der Waals surface area contributed by atoms with E-state index < -0.39 is 22.7 Å². The number of amides is 1. The van der Waals surface area contributed by atoms with E-state index in [-0.39, 0.29) is 22.6 Å². The van der Waals surface area contributed by atoms with Crippen LogP contribution in [0, 0.1) is 10.1 Å². The number of benzene rings is 2. The summed E-state index contributed by atoms with van der Waals surface area (Å²) in [5.74, 6) is -2.08. The van der Waals surface area contributed by atoms with Crippen molar-refractivity contribution in [3.63, 3.8) is 0 Å². The molecule has 0 aromatic heterocycles. The Bertz CT molecular complexity index is 952. The molecule has 0 aliphatic carbocycles. The normalized spacial score (nSPS) is 19.0. The van der Waals surface area contributed by atoms with Crippen LogP contribution in [0.1, 0.15) is 17.2 Å². The zero-order valence-electron chi connectivity index (χ0n) is 13.5. The van der Waals surface area contributed by atoms with Crippen LogP contribution in [0.3, 0.4) is 0 Å². The maximum absolute atomic E-state index is 12.5. The molecular formula is C18H13BrN2O5. The smallest absolute Gasteiger partial charge is 0.295 e. The maximum Gasteiger partial charge on any atom is 0.295 e. The Balaban J connectivity index is 2.24. The maximum atomic E-state index is 12.5. The zero-order chi connectivity index (χ0) is 19.0. The molecule has 1 fully saturated rings. The molecule has 132 valence electrons. The van der Waals surface area contributed by atoms with Gasteiger partial charge in [0.2, 0.25) is 0 Å². The molecule has 1 amide bonds. The molecule has 1 atom stereocenters. The molecule has 2 aromatic carbocycles. The lowest BCUT2D eigenvalue weighted by Crippen LogP contribution is -2.25. The van der Waals surface area contributed by atoms with Crippen LogP contribution in [-0.2, 0) is 9.59 Å². The number of hydrogen-bond donors (Lipinski definition) is 1. The van der Waals surface area contributed by atoms with E-state index in [0.29, 0.717) is 5.56 Å². The summed E-state index contributed by atoms with van der Waals surface area (Å²) < 4.78 is 0.778. The predicted molar refractivity (Wildman–Crippen MR) is 97.3 cm³/mol. The highest BCUT2D eigenvalue weighted by Gasteiger charge is 2.46. The van der Waals surface area contributed by atoms with Crippen molar-refractivity contribution in [1.82, 2.24) is 4.90 Å². The number of hydrogen-bond acceptors (Lipinski definition) is 5. The van der Waals surface area contributed by atoms with Gasteiger partial charge < -0.3 is 10.0 Å². The minimum Gasteiger partial charge on any atom is -0.507 e. The highest BCUT2D eigenvalue weighted by Crippen LogP contribution is 2.41. The van der Waals surface area contributed by atoms with E-state index in [0.717, 1.165) is 9.37 Å². The fourth-order valence-corrected chi connectivity index (χ4v) is 3.22. The number of ketones is 1. The first-order valence-corrected chi connectivity index (χ1v) is 8.36. The number of carbonyl (C=O) groups is 2. The van der Waals surface area contributed by atoms with Crippen LogP contribution in [0.5, 0.6) is 0 Å². The summed E-state index contributed by atoms with van der Waals surface area (Å²) in [4.78, 5) is 36.6. The number of carbonyl (C=O) groups excluding carboxylic acids is 2. The molecule has 3 rings (SSSR count). The lowest BCUT2D eigenvalue weighted by atomic mass is 9.94. The molecule has 0 spiro atoms. The Hall–Kier alpha value is -3.00. The van der Waals surface area contributed by atoms with Crippen molar-refractivity contribution in [3.8, 4) is 0 Å². The molecule has 1 N–H and O–H groups in total. The van der Waals surface area contributed by atoms with Gasteiger partial charge in [0.05, 0.1) is 22.1 Å². The van der Waals surface area contributed by atoms with E-state index in [9.17, 15) is 24.8 Å². The van der Waals surface area contributed by atoms with E-state index in [1.165, 1.54) is 25.2 Å². The van der Waals surface area contributed by atoms with Gasteiger partial charge in [-0.15, -0.1) is 0 Å². The highest BCUT2D eigenvalue weighted by molar-refractivity contribution is 9.10. The van der Waals surface area contributed by atoms with E-state index in [2.05, 4.69) is 15.9 Å². The molecule has 1 aliphatic heterocycles. The number of likely N-dealkylation sites (N-methyl/N-ethyl adjacent to an activating group) is 1. The average Bonchev–Trinajstić information content (AvgIpc) is 2.85. The molecular weight excluding hydrogens is 404 g/mol. The van der Waals surface area contributed by atoms with E-state index in [4.69, 9.17) is 0 Å². The van der Waals surface area contributed by atoms with Crippen LogP contribution in [-0.4, -0.2) is 33.7 Å². The molecule has 8 heteroatoms. The van der Waals surface area contributed by atoms with Crippen LogP contribution in [0.4, 0.5) is 5.69 Å². The molecule has 0 bridgehead atoms. The van der Waals surface area contributed by atoms with Crippen molar-refractivity contribution in [2.75, 3.05) is 7.05 Å². The van der Waals surface area contributed by atoms with Crippen molar-refractivity contribution >= 4 is 39.1 Å². The summed E-state index contributed by atoms with van der Waals surface area (Å²) in [6.07, 6.45) is 0. The third-order valence-electron chi connectivity index (χ3n) is 4.22. The molecule has 7 nitrogen and oxygen atoms in total. The number of nitro groups is 1. The average molecular weight is 417 g/mol.